The molecule has 0 spiro atoms. The van der Waals surface area contributed by atoms with Gasteiger partial charge in [0.2, 0.25) is 21.8 Å². The maximum atomic E-state index is 13.6. The Hall–Kier alpha value is -2.00. The monoisotopic (exact) mass is 547 g/mol. The zero-order valence-corrected chi connectivity index (χ0v) is 22.3. The molecule has 0 aromatic heterocycles. The Morgan fingerprint density at radius 2 is 1.68 bits per heavy atom. The molecule has 34 heavy (non-hydrogen) atoms. The fourth-order valence-corrected chi connectivity index (χ4v) is 4.68. The summed E-state index contributed by atoms with van der Waals surface area (Å²) in [5.41, 5.74) is 0.825. The van der Waals surface area contributed by atoms with E-state index < -0.39 is 28.5 Å². The summed E-state index contributed by atoms with van der Waals surface area (Å²) in [5, 5.41) is 3.66. The number of rotatable bonds is 11. The van der Waals surface area contributed by atoms with Gasteiger partial charge in [0.05, 0.1) is 22.0 Å². The summed E-state index contributed by atoms with van der Waals surface area (Å²) in [4.78, 5) is 27.8. The van der Waals surface area contributed by atoms with Gasteiger partial charge in [0, 0.05) is 18.1 Å². The summed E-state index contributed by atoms with van der Waals surface area (Å²) in [6.45, 7) is 3.68. The normalized spacial score (nSPS) is 12.2. The van der Waals surface area contributed by atoms with Gasteiger partial charge in [-0.1, -0.05) is 66.8 Å². The molecule has 0 fully saturated rings. The predicted octanol–water partition coefficient (Wildman–Crippen LogP) is 4.75. The first-order chi connectivity index (χ1) is 16.0. The average Bonchev–Trinajstić information content (AvgIpc) is 2.78. The number of carbonyl (C=O) groups excluding carboxylic acids is 2. The summed E-state index contributed by atoms with van der Waals surface area (Å²) in [5.74, 6) is -0.875. The van der Waals surface area contributed by atoms with Gasteiger partial charge in [0.25, 0.3) is 0 Å². The number of carbonyl (C=O) groups is 2. The summed E-state index contributed by atoms with van der Waals surface area (Å²) < 4.78 is 26.1. The lowest BCUT2D eigenvalue weighted by molar-refractivity contribution is -0.140. The van der Waals surface area contributed by atoms with Crippen molar-refractivity contribution in [1.82, 2.24) is 10.2 Å². The van der Waals surface area contributed by atoms with Crippen LogP contribution in [0.15, 0.2) is 42.5 Å². The molecular formula is C23H28Cl3N3O4S. The first kappa shape index (κ1) is 28.2. The van der Waals surface area contributed by atoms with E-state index in [2.05, 4.69) is 5.32 Å². The Morgan fingerprint density at radius 1 is 1.00 bits per heavy atom. The molecule has 0 aliphatic rings. The number of amides is 2. The highest BCUT2D eigenvalue weighted by Crippen LogP contribution is 2.29. The number of anilines is 1. The Morgan fingerprint density at radius 3 is 2.24 bits per heavy atom. The molecule has 11 heteroatoms. The lowest BCUT2D eigenvalue weighted by atomic mass is 10.1. The maximum Gasteiger partial charge on any atom is 0.244 e. The van der Waals surface area contributed by atoms with Gasteiger partial charge in [-0.3, -0.25) is 13.9 Å². The molecule has 186 valence electrons. The number of hydrogen-bond donors (Lipinski definition) is 1. The zero-order chi connectivity index (χ0) is 25.5. The van der Waals surface area contributed by atoms with Crippen LogP contribution >= 0.6 is 34.8 Å². The molecular weight excluding hydrogens is 521 g/mol. The molecule has 0 heterocycles. The smallest absolute Gasteiger partial charge is 0.244 e. The van der Waals surface area contributed by atoms with E-state index in [0.29, 0.717) is 23.6 Å². The van der Waals surface area contributed by atoms with Gasteiger partial charge < -0.3 is 10.2 Å². The minimum absolute atomic E-state index is 0.0372. The van der Waals surface area contributed by atoms with Crippen molar-refractivity contribution in [3.05, 3.63) is 63.1 Å². The maximum absolute atomic E-state index is 13.6. The van der Waals surface area contributed by atoms with E-state index in [-0.39, 0.29) is 28.2 Å². The first-order valence-electron chi connectivity index (χ1n) is 10.7. The zero-order valence-electron chi connectivity index (χ0n) is 19.2. The standard InChI is InChI=1S/C23H28Cl3N3O4S/c1-4-12-27-23(31)21(5-2)28(14-16-8-6-7-9-18(16)24)22(30)15-29(34(3,32)33)17-10-11-19(25)20(26)13-17/h6-11,13,21H,4-5,12,14-15H2,1-3H3,(H,27,31)/t21-/m0/s1. The van der Waals surface area contributed by atoms with Crippen LogP contribution in [0.5, 0.6) is 0 Å². The number of hydrogen-bond acceptors (Lipinski definition) is 4. The lowest BCUT2D eigenvalue weighted by Crippen LogP contribution is -2.52. The van der Waals surface area contributed by atoms with E-state index in [1.807, 2.05) is 6.92 Å². The Kier molecular flexibility index (Phi) is 10.5. The fraction of sp³-hybridized carbons (Fsp3) is 0.391. The van der Waals surface area contributed by atoms with Crippen LogP contribution < -0.4 is 9.62 Å². The molecule has 1 N–H and O–H groups in total. The van der Waals surface area contributed by atoms with Gasteiger partial charge in [-0.15, -0.1) is 0 Å². The number of halogens is 3. The van der Waals surface area contributed by atoms with Crippen molar-refractivity contribution >= 4 is 62.3 Å². The molecule has 2 rings (SSSR count). The minimum Gasteiger partial charge on any atom is -0.354 e. The highest BCUT2D eigenvalue weighted by molar-refractivity contribution is 7.92. The fourth-order valence-electron chi connectivity index (χ4n) is 3.35. The molecule has 2 aromatic carbocycles. The second-order valence-electron chi connectivity index (χ2n) is 7.70. The highest BCUT2D eigenvalue weighted by atomic mass is 35.5. The summed E-state index contributed by atoms with van der Waals surface area (Å²) in [6.07, 6.45) is 2.06. The van der Waals surface area contributed by atoms with Crippen molar-refractivity contribution < 1.29 is 18.0 Å². The highest BCUT2D eigenvalue weighted by Gasteiger charge is 2.32. The topological polar surface area (TPSA) is 86.8 Å². The van der Waals surface area contributed by atoms with Crippen molar-refractivity contribution in [1.29, 1.82) is 0 Å². The van der Waals surface area contributed by atoms with Crippen molar-refractivity contribution in [2.75, 3.05) is 23.7 Å². The van der Waals surface area contributed by atoms with Crippen molar-refractivity contribution in [3.63, 3.8) is 0 Å². The molecule has 7 nitrogen and oxygen atoms in total. The number of benzene rings is 2. The van der Waals surface area contributed by atoms with Crippen LogP contribution in [0.25, 0.3) is 0 Å². The van der Waals surface area contributed by atoms with Crippen LogP contribution in [0.4, 0.5) is 5.69 Å². The predicted molar refractivity (Wildman–Crippen MR) is 138 cm³/mol. The van der Waals surface area contributed by atoms with E-state index in [0.717, 1.165) is 17.0 Å². The van der Waals surface area contributed by atoms with Crippen molar-refractivity contribution in [2.45, 2.75) is 39.3 Å². The second-order valence-corrected chi connectivity index (χ2v) is 10.8. The third kappa shape index (κ3) is 7.50. The first-order valence-corrected chi connectivity index (χ1v) is 13.7. The summed E-state index contributed by atoms with van der Waals surface area (Å²) in [7, 11) is -3.87. The molecule has 0 bridgehead atoms. The third-order valence-electron chi connectivity index (χ3n) is 5.10. The second kappa shape index (κ2) is 12.6. The molecule has 0 unspecified atom stereocenters. The SMILES string of the molecule is CCCNC(=O)[C@H](CC)N(Cc1ccccc1Cl)C(=O)CN(c1ccc(Cl)c(Cl)c1)S(C)(=O)=O. The van der Waals surface area contributed by atoms with Crippen LogP contribution in [0.1, 0.15) is 32.3 Å². The molecule has 0 radical (unpaired) electrons. The number of nitrogens with zero attached hydrogens (tertiary/aromatic N) is 2. The van der Waals surface area contributed by atoms with Gasteiger partial charge in [0.15, 0.2) is 0 Å². The molecule has 0 saturated carbocycles. The van der Waals surface area contributed by atoms with Gasteiger partial charge >= 0.3 is 0 Å². The van der Waals surface area contributed by atoms with E-state index >= 15 is 0 Å². The average molecular weight is 549 g/mol. The third-order valence-corrected chi connectivity index (χ3v) is 7.35. The molecule has 0 saturated heterocycles. The Labute approximate surface area is 216 Å². The van der Waals surface area contributed by atoms with Crippen molar-refractivity contribution in [2.24, 2.45) is 0 Å². The van der Waals surface area contributed by atoms with E-state index in [4.69, 9.17) is 34.8 Å². The van der Waals surface area contributed by atoms with E-state index in [1.54, 1.807) is 31.2 Å². The summed E-state index contributed by atoms with van der Waals surface area (Å²) >= 11 is 18.4. The van der Waals surface area contributed by atoms with Crippen LogP contribution in [0, 0.1) is 0 Å². The van der Waals surface area contributed by atoms with Gasteiger partial charge in [-0.05, 0) is 42.7 Å². The molecule has 0 aliphatic heterocycles. The molecule has 2 aromatic rings. The lowest BCUT2D eigenvalue weighted by Gasteiger charge is -2.33. The van der Waals surface area contributed by atoms with E-state index in [9.17, 15) is 18.0 Å². The Balaban J connectivity index is 2.46. The minimum atomic E-state index is -3.87. The van der Waals surface area contributed by atoms with Gasteiger partial charge in [-0.2, -0.15) is 0 Å². The van der Waals surface area contributed by atoms with E-state index in [1.165, 1.54) is 23.1 Å². The quantitative estimate of drug-likeness (QED) is 0.439. The van der Waals surface area contributed by atoms with Crippen LogP contribution in [0.2, 0.25) is 15.1 Å². The summed E-state index contributed by atoms with van der Waals surface area (Å²) in [6, 6.07) is 10.5. The molecule has 1 atom stereocenters. The van der Waals surface area contributed by atoms with Gasteiger partial charge in [0.1, 0.15) is 12.6 Å². The van der Waals surface area contributed by atoms with Gasteiger partial charge in [-0.25, -0.2) is 8.42 Å². The molecule has 2 amide bonds. The van der Waals surface area contributed by atoms with Crippen LogP contribution in [-0.4, -0.2) is 50.5 Å². The largest absolute Gasteiger partial charge is 0.354 e. The Bertz CT molecular complexity index is 1130. The number of sulfonamides is 1. The van der Waals surface area contributed by atoms with Crippen LogP contribution in [0.3, 0.4) is 0 Å². The van der Waals surface area contributed by atoms with Crippen molar-refractivity contribution in [3.8, 4) is 0 Å². The molecule has 0 aliphatic carbocycles. The van der Waals surface area contributed by atoms with Crippen LogP contribution in [-0.2, 0) is 26.2 Å². The number of nitrogens with one attached hydrogen (secondary N) is 1.